The Morgan fingerprint density at radius 1 is 1.04 bits per heavy atom. The summed E-state index contributed by atoms with van der Waals surface area (Å²) in [5.41, 5.74) is 2.47. The van der Waals surface area contributed by atoms with E-state index in [1.54, 1.807) is 28.8 Å². The van der Waals surface area contributed by atoms with Gasteiger partial charge in [-0.1, -0.05) is 53.8 Å². The second-order valence-electron chi connectivity index (χ2n) is 6.06. The van der Waals surface area contributed by atoms with Gasteiger partial charge >= 0.3 is 5.97 Å². The summed E-state index contributed by atoms with van der Waals surface area (Å²) in [5.74, 6) is -0.641. The fourth-order valence-corrected chi connectivity index (χ4v) is 4.54. The van der Waals surface area contributed by atoms with Crippen molar-refractivity contribution < 1.29 is 17.9 Å². The van der Waals surface area contributed by atoms with Gasteiger partial charge in [-0.05, 0) is 17.7 Å². The van der Waals surface area contributed by atoms with E-state index in [-0.39, 0.29) is 10.7 Å². The fourth-order valence-electron chi connectivity index (χ4n) is 2.82. The van der Waals surface area contributed by atoms with Crippen LogP contribution in [0.1, 0.15) is 10.6 Å². The van der Waals surface area contributed by atoms with Gasteiger partial charge in [0.25, 0.3) is 5.82 Å². The molecule has 0 atom stereocenters. The van der Waals surface area contributed by atoms with Crippen LogP contribution in [0.25, 0.3) is 26.7 Å². The number of nitrogens with zero attached hydrogens (tertiary/aromatic N) is 3. The number of aromatic nitrogens is 3. The zero-order valence-corrected chi connectivity index (χ0v) is 16.6. The van der Waals surface area contributed by atoms with Crippen molar-refractivity contribution >= 4 is 32.1 Å². The first-order valence-corrected chi connectivity index (χ1v) is 10.9. The first-order chi connectivity index (χ1) is 13.4. The summed E-state index contributed by atoms with van der Waals surface area (Å²) in [4.78, 5) is 17.8. The molecule has 2 heterocycles. The Morgan fingerprint density at radius 2 is 1.71 bits per heavy atom. The molecular formula is C19H15N3O4S2. The number of benzene rings is 2. The van der Waals surface area contributed by atoms with E-state index in [4.69, 9.17) is 4.74 Å². The first-order valence-electron chi connectivity index (χ1n) is 8.22. The predicted molar refractivity (Wildman–Crippen MR) is 106 cm³/mol. The Labute approximate surface area is 165 Å². The molecule has 7 nitrogen and oxygen atoms in total. The van der Waals surface area contributed by atoms with Crippen molar-refractivity contribution in [1.82, 2.24) is 14.6 Å². The molecule has 2 aromatic carbocycles. The van der Waals surface area contributed by atoms with E-state index in [1.165, 1.54) is 24.7 Å². The summed E-state index contributed by atoms with van der Waals surface area (Å²) in [6.07, 6.45) is 1.17. The van der Waals surface area contributed by atoms with Gasteiger partial charge in [0, 0.05) is 11.8 Å². The number of sulfone groups is 1. The molecule has 0 aliphatic heterocycles. The number of rotatable bonds is 4. The van der Waals surface area contributed by atoms with Crippen molar-refractivity contribution in [2.45, 2.75) is 4.90 Å². The Balaban J connectivity index is 1.95. The van der Waals surface area contributed by atoms with Gasteiger partial charge < -0.3 is 4.74 Å². The molecule has 142 valence electrons. The van der Waals surface area contributed by atoms with Crippen LogP contribution in [0.5, 0.6) is 0 Å². The Bertz CT molecular complexity index is 1270. The monoisotopic (exact) mass is 413 g/mol. The van der Waals surface area contributed by atoms with Gasteiger partial charge in [0.05, 0.1) is 22.6 Å². The largest absolute Gasteiger partial charge is 0.463 e. The molecule has 0 fully saturated rings. The van der Waals surface area contributed by atoms with Crippen molar-refractivity contribution in [3.8, 4) is 21.7 Å². The van der Waals surface area contributed by atoms with Crippen molar-refractivity contribution in [2.24, 2.45) is 0 Å². The maximum absolute atomic E-state index is 11.8. The lowest BCUT2D eigenvalue weighted by atomic mass is 10.1. The molecule has 0 radical (unpaired) electrons. The maximum atomic E-state index is 11.8. The van der Waals surface area contributed by atoms with E-state index in [0.29, 0.717) is 4.96 Å². The normalized spacial score (nSPS) is 11.6. The van der Waals surface area contributed by atoms with Crippen LogP contribution in [-0.2, 0) is 14.6 Å². The second kappa shape index (κ2) is 6.84. The summed E-state index contributed by atoms with van der Waals surface area (Å²) < 4.78 is 29.8. The minimum Gasteiger partial charge on any atom is -0.463 e. The van der Waals surface area contributed by atoms with Crippen molar-refractivity contribution in [1.29, 1.82) is 0 Å². The predicted octanol–water partition coefficient (Wildman–Crippen LogP) is 3.31. The highest BCUT2D eigenvalue weighted by molar-refractivity contribution is 7.90. The molecule has 4 rings (SSSR count). The third kappa shape index (κ3) is 3.19. The average Bonchev–Trinajstić information content (AvgIpc) is 3.25. The van der Waals surface area contributed by atoms with Gasteiger partial charge in [0.1, 0.15) is 0 Å². The molecule has 2 aromatic heterocycles. The molecule has 0 spiro atoms. The highest BCUT2D eigenvalue weighted by Gasteiger charge is 2.22. The van der Waals surface area contributed by atoms with Crippen molar-refractivity contribution in [2.75, 3.05) is 13.4 Å². The number of carbonyl (C=O) groups is 1. The Hall–Kier alpha value is -3.04. The number of thiazole rings is 1. The maximum Gasteiger partial charge on any atom is 0.378 e. The molecule has 0 bridgehead atoms. The van der Waals surface area contributed by atoms with Crippen LogP contribution >= 0.6 is 11.3 Å². The quantitative estimate of drug-likeness (QED) is 0.477. The lowest BCUT2D eigenvalue weighted by Crippen LogP contribution is -2.04. The van der Waals surface area contributed by atoms with Crippen molar-refractivity contribution in [3.63, 3.8) is 0 Å². The topological polar surface area (TPSA) is 90.6 Å². The number of ether oxygens (including phenoxy) is 1. The van der Waals surface area contributed by atoms with Crippen LogP contribution in [0, 0.1) is 0 Å². The standard InChI is InChI=1S/C19H15N3O4S2/c1-26-18(23)17-20-19-22(21-17)15(16(27-19)13-6-4-3-5-7-13)12-8-10-14(11-9-12)28(2,24)25/h3-11H,1-2H3. The number of hydrogen-bond acceptors (Lipinski definition) is 7. The molecule has 0 saturated carbocycles. The van der Waals surface area contributed by atoms with E-state index in [2.05, 4.69) is 10.1 Å². The lowest BCUT2D eigenvalue weighted by Gasteiger charge is -2.06. The van der Waals surface area contributed by atoms with Crippen molar-refractivity contribution in [3.05, 3.63) is 60.4 Å². The molecule has 0 unspecified atom stereocenters. The van der Waals surface area contributed by atoms with Crippen LogP contribution in [0.15, 0.2) is 59.5 Å². The highest BCUT2D eigenvalue weighted by atomic mass is 32.2. The van der Waals surface area contributed by atoms with E-state index in [0.717, 1.165) is 21.7 Å². The fraction of sp³-hybridized carbons (Fsp3) is 0.105. The summed E-state index contributed by atoms with van der Waals surface area (Å²) in [7, 11) is -2.02. The molecule has 4 aromatic rings. The van der Waals surface area contributed by atoms with Gasteiger partial charge in [0.15, 0.2) is 9.84 Å². The van der Waals surface area contributed by atoms with E-state index >= 15 is 0 Å². The molecule has 0 saturated heterocycles. The van der Waals surface area contributed by atoms with Crippen LogP contribution in [-0.4, -0.2) is 42.4 Å². The van der Waals surface area contributed by atoms with Gasteiger partial charge in [-0.15, -0.1) is 5.10 Å². The smallest absolute Gasteiger partial charge is 0.378 e. The molecular weight excluding hydrogens is 398 g/mol. The lowest BCUT2D eigenvalue weighted by molar-refractivity contribution is 0.0587. The Morgan fingerprint density at radius 3 is 2.32 bits per heavy atom. The zero-order valence-electron chi connectivity index (χ0n) is 15.0. The van der Waals surface area contributed by atoms with E-state index < -0.39 is 15.8 Å². The van der Waals surface area contributed by atoms with Gasteiger partial charge in [-0.25, -0.2) is 17.7 Å². The molecule has 9 heteroatoms. The van der Waals surface area contributed by atoms with Crippen LogP contribution < -0.4 is 0 Å². The zero-order chi connectivity index (χ0) is 19.9. The third-order valence-electron chi connectivity index (χ3n) is 4.16. The Kier molecular flexibility index (Phi) is 4.48. The molecule has 0 aliphatic carbocycles. The summed E-state index contributed by atoms with van der Waals surface area (Å²) in [5, 5.41) is 4.30. The van der Waals surface area contributed by atoms with Crippen LogP contribution in [0.3, 0.4) is 0 Å². The van der Waals surface area contributed by atoms with Crippen LogP contribution in [0.2, 0.25) is 0 Å². The van der Waals surface area contributed by atoms with Gasteiger partial charge in [-0.3, -0.25) is 0 Å². The third-order valence-corrected chi connectivity index (χ3v) is 6.37. The van der Waals surface area contributed by atoms with Gasteiger partial charge in [0.2, 0.25) is 4.96 Å². The summed E-state index contributed by atoms with van der Waals surface area (Å²) in [6, 6.07) is 16.3. The highest BCUT2D eigenvalue weighted by Crippen LogP contribution is 2.39. The number of hydrogen-bond donors (Lipinski definition) is 0. The molecule has 0 aliphatic rings. The summed E-state index contributed by atoms with van der Waals surface area (Å²) >= 11 is 1.39. The SMILES string of the molecule is COC(=O)c1nc2sc(-c3ccccc3)c(-c3ccc(S(C)(=O)=O)cc3)n2n1. The minimum absolute atomic E-state index is 0.0256. The second-order valence-corrected chi connectivity index (χ2v) is 9.06. The number of carbonyl (C=O) groups excluding carboxylic acids is 1. The number of methoxy groups -OCH3 is 1. The number of fused-ring (bicyclic) bond motifs is 1. The minimum atomic E-state index is -3.30. The van der Waals surface area contributed by atoms with Gasteiger partial charge in [-0.2, -0.15) is 4.98 Å². The molecule has 28 heavy (non-hydrogen) atoms. The van der Waals surface area contributed by atoms with E-state index in [9.17, 15) is 13.2 Å². The van der Waals surface area contributed by atoms with E-state index in [1.807, 2.05) is 30.3 Å². The molecule has 0 amide bonds. The average molecular weight is 413 g/mol. The summed E-state index contributed by atoms with van der Waals surface area (Å²) in [6.45, 7) is 0. The van der Waals surface area contributed by atoms with Crippen LogP contribution in [0.4, 0.5) is 0 Å². The number of esters is 1. The first kappa shape index (κ1) is 18.3. The molecule has 0 N–H and O–H groups in total.